The molecule has 6 nitrogen and oxygen atoms in total. The standard InChI is InChI=1S/C19H25N3O3/c1-5-23-18-14(7-6-8-21-18)9-20-10-15-11-22-13(2)17-16(15)12-24-19(3,4)25-17/h6-8,11,20H,5,9-10,12H2,1-4H3. The van der Waals surface area contributed by atoms with Gasteiger partial charge in [0.1, 0.15) is 5.75 Å². The maximum Gasteiger partial charge on any atom is 0.217 e. The summed E-state index contributed by atoms with van der Waals surface area (Å²) in [7, 11) is 0. The van der Waals surface area contributed by atoms with Crippen LogP contribution in [0, 0.1) is 6.92 Å². The minimum absolute atomic E-state index is 0.528. The van der Waals surface area contributed by atoms with Crippen molar-refractivity contribution in [2.45, 2.75) is 53.2 Å². The highest BCUT2D eigenvalue weighted by Gasteiger charge is 2.30. The average Bonchev–Trinajstić information content (AvgIpc) is 2.58. The summed E-state index contributed by atoms with van der Waals surface area (Å²) >= 11 is 0. The molecule has 1 N–H and O–H groups in total. The molecule has 0 atom stereocenters. The lowest BCUT2D eigenvalue weighted by Gasteiger charge is -2.34. The first-order chi connectivity index (χ1) is 12.0. The van der Waals surface area contributed by atoms with Crippen molar-refractivity contribution >= 4 is 0 Å². The zero-order valence-corrected chi connectivity index (χ0v) is 15.3. The van der Waals surface area contributed by atoms with Gasteiger partial charge in [0.2, 0.25) is 11.7 Å². The third kappa shape index (κ3) is 4.08. The number of ether oxygens (including phenoxy) is 3. The number of fused-ring (bicyclic) bond motifs is 1. The minimum Gasteiger partial charge on any atom is -0.478 e. The van der Waals surface area contributed by atoms with Crippen molar-refractivity contribution in [3.8, 4) is 11.6 Å². The SMILES string of the molecule is CCOc1ncccc1CNCc1cnc(C)c2c1COC(C)(C)O2. The second kappa shape index (κ2) is 7.37. The van der Waals surface area contributed by atoms with E-state index in [2.05, 4.69) is 15.3 Å². The monoisotopic (exact) mass is 343 g/mol. The van der Waals surface area contributed by atoms with E-state index in [0.717, 1.165) is 28.1 Å². The molecule has 0 unspecified atom stereocenters. The minimum atomic E-state index is -0.617. The topological polar surface area (TPSA) is 65.5 Å². The molecule has 1 aliphatic rings. The Labute approximate surface area is 148 Å². The van der Waals surface area contributed by atoms with E-state index in [0.29, 0.717) is 32.2 Å². The third-order valence-electron chi connectivity index (χ3n) is 4.08. The number of nitrogens with one attached hydrogen (secondary N) is 1. The summed E-state index contributed by atoms with van der Waals surface area (Å²) in [5.41, 5.74) is 4.07. The number of aryl methyl sites for hydroxylation is 1. The van der Waals surface area contributed by atoms with Crippen LogP contribution in [0.15, 0.2) is 24.5 Å². The summed E-state index contributed by atoms with van der Waals surface area (Å²) in [4.78, 5) is 8.75. The Bertz CT molecular complexity index is 747. The van der Waals surface area contributed by atoms with Crippen LogP contribution in [0.5, 0.6) is 11.6 Å². The van der Waals surface area contributed by atoms with Crippen molar-refractivity contribution in [1.82, 2.24) is 15.3 Å². The summed E-state index contributed by atoms with van der Waals surface area (Å²) in [5, 5.41) is 3.44. The van der Waals surface area contributed by atoms with Crippen LogP contribution in [0.3, 0.4) is 0 Å². The Morgan fingerprint density at radius 1 is 1.24 bits per heavy atom. The van der Waals surface area contributed by atoms with E-state index in [-0.39, 0.29) is 0 Å². The van der Waals surface area contributed by atoms with Crippen LogP contribution in [-0.4, -0.2) is 22.4 Å². The first-order valence-corrected chi connectivity index (χ1v) is 8.58. The number of pyridine rings is 2. The van der Waals surface area contributed by atoms with Crippen molar-refractivity contribution in [1.29, 1.82) is 0 Å². The zero-order valence-electron chi connectivity index (χ0n) is 15.3. The van der Waals surface area contributed by atoms with Gasteiger partial charge in [-0.05, 0) is 25.5 Å². The third-order valence-corrected chi connectivity index (χ3v) is 4.08. The highest BCUT2D eigenvalue weighted by molar-refractivity contribution is 5.42. The molecule has 1 aliphatic heterocycles. The quantitative estimate of drug-likeness (QED) is 0.869. The van der Waals surface area contributed by atoms with Crippen molar-refractivity contribution in [2.75, 3.05) is 6.61 Å². The highest BCUT2D eigenvalue weighted by atomic mass is 16.7. The van der Waals surface area contributed by atoms with Gasteiger partial charge in [-0.25, -0.2) is 4.98 Å². The van der Waals surface area contributed by atoms with Crippen molar-refractivity contribution in [3.05, 3.63) is 46.9 Å². The van der Waals surface area contributed by atoms with Crippen LogP contribution in [0.4, 0.5) is 0 Å². The predicted octanol–water partition coefficient (Wildman–Crippen LogP) is 3.12. The Morgan fingerprint density at radius 2 is 2.04 bits per heavy atom. The fourth-order valence-corrected chi connectivity index (χ4v) is 2.80. The Kier molecular flexibility index (Phi) is 5.20. The summed E-state index contributed by atoms with van der Waals surface area (Å²) < 4.78 is 17.3. The summed E-state index contributed by atoms with van der Waals surface area (Å²) in [6.45, 7) is 10.2. The molecule has 0 radical (unpaired) electrons. The van der Waals surface area contributed by atoms with Crippen LogP contribution < -0.4 is 14.8 Å². The van der Waals surface area contributed by atoms with Crippen LogP contribution in [0.1, 0.15) is 43.2 Å². The molecular weight excluding hydrogens is 318 g/mol. The molecule has 3 heterocycles. The first-order valence-electron chi connectivity index (χ1n) is 8.58. The van der Waals surface area contributed by atoms with E-state index in [1.165, 1.54) is 0 Å². The molecule has 134 valence electrons. The number of aromatic nitrogens is 2. The van der Waals surface area contributed by atoms with Gasteiger partial charge in [-0.1, -0.05) is 6.07 Å². The molecule has 0 fully saturated rings. The van der Waals surface area contributed by atoms with Gasteiger partial charge in [-0.15, -0.1) is 0 Å². The van der Waals surface area contributed by atoms with Crippen LogP contribution in [-0.2, 0) is 24.4 Å². The lowest BCUT2D eigenvalue weighted by Crippen LogP contribution is -2.36. The Balaban J connectivity index is 1.71. The smallest absolute Gasteiger partial charge is 0.217 e. The Hall–Kier alpha value is -2.18. The van der Waals surface area contributed by atoms with Gasteiger partial charge in [-0.3, -0.25) is 4.98 Å². The van der Waals surface area contributed by atoms with E-state index in [9.17, 15) is 0 Å². The fourth-order valence-electron chi connectivity index (χ4n) is 2.80. The molecule has 0 aromatic carbocycles. The largest absolute Gasteiger partial charge is 0.478 e. The molecule has 0 saturated carbocycles. The van der Waals surface area contributed by atoms with E-state index >= 15 is 0 Å². The molecule has 0 bridgehead atoms. The van der Waals surface area contributed by atoms with Gasteiger partial charge in [0.05, 0.1) is 18.9 Å². The predicted molar refractivity (Wildman–Crippen MR) is 94.4 cm³/mol. The van der Waals surface area contributed by atoms with Crippen molar-refractivity contribution < 1.29 is 14.2 Å². The van der Waals surface area contributed by atoms with Gasteiger partial charge in [-0.2, -0.15) is 0 Å². The second-order valence-corrected chi connectivity index (χ2v) is 6.47. The van der Waals surface area contributed by atoms with Crippen LogP contribution in [0.2, 0.25) is 0 Å². The fraction of sp³-hybridized carbons (Fsp3) is 0.474. The molecule has 0 aliphatic carbocycles. The van der Waals surface area contributed by atoms with E-state index < -0.39 is 5.79 Å². The van der Waals surface area contributed by atoms with Gasteiger partial charge in [0.25, 0.3) is 0 Å². The van der Waals surface area contributed by atoms with Crippen LogP contribution in [0.25, 0.3) is 0 Å². The van der Waals surface area contributed by atoms with Gasteiger partial charge >= 0.3 is 0 Å². The van der Waals surface area contributed by atoms with Gasteiger partial charge < -0.3 is 19.5 Å². The number of hydrogen-bond donors (Lipinski definition) is 1. The molecule has 0 spiro atoms. The maximum absolute atomic E-state index is 5.96. The molecular formula is C19H25N3O3. The molecule has 0 amide bonds. The lowest BCUT2D eigenvalue weighted by atomic mass is 10.1. The van der Waals surface area contributed by atoms with E-state index in [1.807, 2.05) is 46.0 Å². The molecule has 2 aromatic heterocycles. The van der Waals surface area contributed by atoms with Crippen LogP contribution >= 0.6 is 0 Å². The number of nitrogens with zero attached hydrogens (tertiary/aromatic N) is 2. The van der Waals surface area contributed by atoms with E-state index in [4.69, 9.17) is 14.2 Å². The van der Waals surface area contributed by atoms with Crippen molar-refractivity contribution in [3.63, 3.8) is 0 Å². The zero-order chi connectivity index (χ0) is 17.9. The maximum atomic E-state index is 5.96. The van der Waals surface area contributed by atoms with Gasteiger partial charge in [0, 0.05) is 50.5 Å². The normalized spacial score (nSPS) is 15.4. The molecule has 25 heavy (non-hydrogen) atoms. The number of rotatable bonds is 6. The Morgan fingerprint density at radius 3 is 2.84 bits per heavy atom. The van der Waals surface area contributed by atoms with E-state index in [1.54, 1.807) is 6.20 Å². The highest BCUT2D eigenvalue weighted by Crippen LogP contribution is 2.35. The number of hydrogen-bond acceptors (Lipinski definition) is 6. The molecule has 0 saturated heterocycles. The second-order valence-electron chi connectivity index (χ2n) is 6.47. The molecule has 2 aromatic rings. The van der Waals surface area contributed by atoms with Gasteiger partial charge in [0.15, 0.2) is 0 Å². The molecule has 3 rings (SSSR count). The van der Waals surface area contributed by atoms with Crippen molar-refractivity contribution in [2.24, 2.45) is 0 Å². The summed E-state index contributed by atoms with van der Waals surface area (Å²) in [6, 6.07) is 3.93. The average molecular weight is 343 g/mol. The molecule has 6 heteroatoms. The summed E-state index contributed by atoms with van der Waals surface area (Å²) in [6.07, 6.45) is 3.63. The summed E-state index contributed by atoms with van der Waals surface area (Å²) in [5.74, 6) is 0.898. The lowest BCUT2D eigenvalue weighted by molar-refractivity contribution is -0.180. The first kappa shape index (κ1) is 17.6.